The Morgan fingerprint density at radius 1 is 1.42 bits per heavy atom. The molecule has 100 valence electrons. The summed E-state index contributed by atoms with van der Waals surface area (Å²) in [6.45, 7) is 0.811. The first-order chi connectivity index (χ1) is 9.26. The number of nitrogens with two attached hydrogens (primary N) is 1. The standard InChI is InChI=1S/C13H14BrN3O2/c14-10-5-8(6-15)1-4-11(10)18-7-12-16-13(19-17-12)9-2-3-9/h1,4-5,9H,2-3,6-7,15H2. The van der Waals surface area contributed by atoms with Gasteiger partial charge in [0.2, 0.25) is 11.7 Å². The smallest absolute Gasteiger partial charge is 0.229 e. The van der Waals surface area contributed by atoms with E-state index in [-0.39, 0.29) is 0 Å². The summed E-state index contributed by atoms with van der Waals surface area (Å²) in [5.41, 5.74) is 6.63. The van der Waals surface area contributed by atoms with Crippen LogP contribution in [0, 0.1) is 0 Å². The summed E-state index contributed by atoms with van der Waals surface area (Å²) >= 11 is 3.46. The van der Waals surface area contributed by atoms with Crippen molar-refractivity contribution in [1.29, 1.82) is 0 Å². The fourth-order valence-corrected chi connectivity index (χ4v) is 2.29. The predicted molar refractivity (Wildman–Crippen MR) is 72.6 cm³/mol. The van der Waals surface area contributed by atoms with Crippen molar-refractivity contribution in [2.45, 2.75) is 31.9 Å². The fraction of sp³-hybridized carbons (Fsp3) is 0.385. The molecule has 0 aliphatic heterocycles. The first-order valence-electron chi connectivity index (χ1n) is 6.20. The number of rotatable bonds is 5. The quantitative estimate of drug-likeness (QED) is 0.915. The third-order valence-corrected chi connectivity index (χ3v) is 3.62. The van der Waals surface area contributed by atoms with Crippen LogP contribution in [0.1, 0.15) is 36.0 Å². The maximum atomic E-state index is 5.66. The van der Waals surface area contributed by atoms with Gasteiger partial charge in [-0.05, 0) is 46.5 Å². The van der Waals surface area contributed by atoms with Crippen LogP contribution in [0.25, 0.3) is 0 Å². The zero-order chi connectivity index (χ0) is 13.2. The van der Waals surface area contributed by atoms with Gasteiger partial charge in [0.25, 0.3) is 0 Å². The van der Waals surface area contributed by atoms with Crippen LogP contribution in [0.15, 0.2) is 27.2 Å². The van der Waals surface area contributed by atoms with E-state index >= 15 is 0 Å². The predicted octanol–water partition coefficient (Wildman–Crippen LogP) is 2.75. The molecule has 0 atom stereocenters. The second-order valence-electron chi connectivity index (χ2n) is 4.58. The first kappa shape index (κ1) is 12.6. The highest BCUT2D eigenvalue weighted by Gasteiger charge is 2.29. The molecule has 0 saturated heterocycles. The van der Waals surface area contributed by atoms with Crippen LogP contribution in [0.2, 0.25) is 0 Å². The minimum Gasteiger partial charge on any atom is -0.484 e. The highest BCUT2D eigenvalue weighted by molar-refractivity contribution is 9.10. The van der Waals surface area contributed by atoms with E-state index < -0.39 is 0 Å². The molecule has 1 aliphatic rings. The minimum absolute atomic E-state index is 0.302. The molecule has 19 heavy (non-hydrogen) atoms. The van der Waals surface area contributed by atoms with E-state index in [1.54, 1.807) is 0 Å². The molecule has 1 aliphatic carbocycles. The van der Waals surface area contributed by atoms with Gasteiger partial charge in [-0.3, -0.25) is 0 Å². The van der Waals surface area contributed by atoms with Crippen molar-refractivity contribution in [2.24, 2.45) is 5.73 Å². The van der Waals surface area contributed by atoms with Crippen LogP contribution in [-0.2, 0) is 13.2 Å². The number of ether oxygens (including phenoxy) is 1. The summed E-state index contributed by atoms with van der Waals surface area (Å²) < 4.78 is 11.7. The van der Waals surface area contributed by atoms with E-state index in [2.05, 4.69) is 26.1 Å². The molecular formula is C13H14BrN3O2. The Bertz CT molecular complexity index is 581. The molecule has 0 unspecified atom stereocenters. The van der Waals surface area contributed by atoms with Crippen LogP contribution in [-0.4, -0.2) is 10.1 Å². The molecule has 1 aromatic carbocycles. The van der Waals surface area contributed by atoms with Crippen LogP contribution in [0.5, 0.6) is 5.75 Å². The zero-order valence-electron chi connectivity index (χ0n) is 10.3. The van der Waals surface area contributed by atoms with Crippen molar-refractivity contribution < 1.29 is 9.26 Å². The lowest BCUT2D eigenvalue weighted by Crippen LogP contribution is -2.00. The number of hydrogen-bond donors (Lipinski definition) is 1. The van der Waals surface area contributed by atoms with Gasteiger partial charge in [0.15, 0.2) is 6.61 Å². The molecule has 1 heterocycles. The molecule has 6 heteroatoms. The SMILES string of the molecule is NCc1ccc(OCc2noc(C3CC3)n2)c(Br)c1. The monoisotopic (exact) mass is 323 g/mol. The highest BCUT2D eigenvalue weighted by Crippen LogP contribution is 2.38. The summed E-state index contributed by atoms with van der Waals surface area (Å²) in [5, 5.41) is 3.91. The Hall–Kier alpha value is -1.40. The van der Waals surface area contributed by atoms with E-state index in [0.717, 1.165) is 34.5 Å². The van der Waals surface area contributed by atoms with Crippen LogP contribution >= 0.6 is 15.9 Å². The molecule has 2 N–H and O–H groups in total. The molecule has 1 saturated carbocycles. The normalized spacial score (nSPS) is 14.6. The van der Waals surface area contributed by atoms with Crippen LogP contribution in [0.4, 0.5) is 0 Å². The topological polar surface area (TPSA) is 74.2 Å². The lowest BCUT2D eigenvalue weighted by molar-refractivity contribution is 0.283. The summed E-state index contributed by atoms with van der Waals surface area (Å²) in [4.78, 5) is 4.31. The largest absolute Gasteiger partial charge is 0.484 e. The molecule has 3 rings (SSSR count). The molecule has 0 radical (unpaired) electrons. The Morgan fingerprint density at radius 2 is 2.26 bits per heavy atom. The molecule has 0 amide bonds. The lowest BCUT2D eigenvalue weighted by atomic mass is 10.2. The van der Waals surface area contributed by atoms with Crippen molar-refractivity contribution in [3.63, 3.8) is 0 Å². The number of halogens is 1. The Kier molecular flexibility index (Phi) is 3.52. The summed E-state index contributed by atoms with van der Waals surface area (Å²) in [5.74, 6) is 2.53. The van der Waals surface area contributed by atoms with Crippen molar-refractivity contribution in [3.8, 4) is 5.75 Å². The maximum Gasteiger partial charge on any atom is 0.229 e. The molecule has 5 nitrogen and oxygen atoms in total. The molecule has 1 aromatic heterocycles. The van der Waals surface area contributed by atoms with E-state index in [1.807, 2.05) is 18.2 Å². The van der Waals surface area contributed by atoms with Crippen LogP contribution in [0.3, 0.4) is 0 Å². The number of benzene rings is 1. The molecule has 1 fully saturated rings. The number of aromatic nitrogens is 2. The van der Waals surface area contributed by atoms with Gasteiger partial charge in [0.05, 0.1) is 4.47 Å². The van der Waals surface area contributed by atoms with E-state index in [0.29, 0.717) is 24.9 Å². The first-order valence-corrected chi connectivity index (χ1v) is 6.99. The van der Waals surface area contributed by atoms with Crippen molar-refractivity contribution in [3.05, 3.63) is 40.0 Å². The second kappa shape index (κ2) is 5.30. The molecular weight excluding hydrogens is 310 g/mol. The van der Waals surface area contributed by atoms with Gasteiger partial charge in [0.1, 0.15) is 5.75 Å². The van der Waals surface area contributed by atoms with Crippen molar-refractivity contribution >= 4 is 15.9 Å². The van der Waals surface area contributed by atoms with Gasteiger partial charge in [-0.1, -0.05) is 11.2 Å². The summed E-state index contributed by atoms with van der Waals surface area (Å²) in [7, 11) is 0. The van der Waals surface area contributed by atoms with Crippen molar-refractivity contribution in [2.75, 3.05) is 0 Å². The Labute approximate surface area is 119 Å². The van der Waals surface area contributed by atoms with Gasteiger partial charge in [-0.2, -0.15) is 4.98 Å². The molecule has 0 spiro atoms. The highest BCUT2D eigenvalue weighted by atomic mass is 79.9. The Balaban J connectivity index is 1.64. The number of hydrogen-bond acceptors (Lipinski definition) is 5. The van der Waals surface area contributed by atoms with Crippen LogP contribution < -0.4 is 10.5 Å². The maximum absolute atomic E-state index is 5.66. The zero-order valence-corrected chi connectivity index (χ0v) is 11.9. The Morgan fingerprint density at radius 3 is 2.95 bits per heavy atom. The third-order valence-electron chi connectivity index (χ3n) is 3.00. The minimum atomic E-state index is 0.302. The van der Waals surface area contributed by atoms with Gasteiger partial charge in [0, 0.05) is 12.5 Å². The van der Waals surface area contributed by atoms with Gasteiger partial charge in [-0.15, -0.1) is 0 Å². The number of nitrogens with zero attached hydrogens (tertiary/aromatic N) is 2. The summed E-state index contributed by atoms with van der Waals surface area (Å²) in [6, 6.07) is 5.77. The fourth-order valence-electron chi connectivity index (χ4n) is 1.75. The third kappa shape index (κ3) is 2.96. The summed E-state index contributed by atoms with van der Waals surface area (Å²) in [6.07, 6.45) is 2.29. The van der Waals surface area contributed by atoms with Crippen molar-refractivity contribution in [1.82, 2.24) is 10.1 Å². The lowest BCUT2D eigenvalue weighted by Gasteiger charge is -2.07. The van der Waals surface area contributed by atoms with Gasteiger partial charge < -0.3 is 15.0 Å². The van der Waals surface area contributed by atoms with Gasteiger partial charge in [-0.25, -0.2) is 0 Å². The average molecular weight is 324 g/mol. The second-order valence-corrected chi connectivity index (χ2v) is 5.44. The average Bonchev–Trinajstić information content (AvgIpc) is 3.17. The van der Waals surface area contributed by atoms with E-state index in [4.69, 9.17) is 15.0 Å². The molecule has 2 aromatic rings. The van der Waals surface area contributed by atoms with E-state index in [9.17, 15) is 0 Å². The van der Waals surface area contributed by atoms with Gasteiger partial charge >= 0.3 is 0 Å². The molecule has 0 bridgehead atoms. The van der Waals surface area contributed by atoms with E-state index in [1.165, 1.54) is 0 Å².